The molecule has 2 aromatic heterocycles. The van der Waals surface area contributed by atoms with E-state index in [0.717, 1.165) is 16.1 Å². The molecular weight excluding hydrogens is 362 g/mol. The number of hydrogen-bond donors (Lipinski definition) is 2. The van der Waals surface area contributed by atoms with Gasteiger partial charge in [0.15, 0.2) is 0 Å². The fraction of sp³-hybridized carbons (Fsp3) is 0.250. The monoisotopic (exact) mass is 375 g/mol. The molecule has 3 N–H and O–H groups in total. The van der Waals surface area contributed by atoms with Crippen molar-refractivity contribution in [3.8, 4) is 0 Å². The lowest BCUT2D eigenvalue weighted by atomic mass is 10.2. The van der Waals surface area contributed by atoms with E-state index in [1.54, 1.807) is 12.3 Å². The molecule has 0 aromatic carbocycles. The quantitative estimate of drug-likeness (QED) is 0.838. The Bertz CT molecular complexity index is 696. The molecule has 0 fully saturated rings. The fourth-order valence-corrected chi connectivity index (χ4v) is 5.12. The van der Waals surface area contributed by atoms with Gasteiger partial charge in [0.25, 0.3) is 0 Å². The SMILES string of the molecule is Cc1ccc(CNS(=O)(=O)c2cc(CN)sc2Br)cn1. The molecule has 108 valence electrons. The highest BCUT2D eigenvalue weighted by atomic mass is 79.9. The van der Waals surface area contributed by atoms with Gasteiger partial charge in [-0.1, -0.05) is 6.07 Å². The van der Waals surface area contributed by atoms with Crippen molar-refractivity contribution in [2.75, 3.05) is 0 Å². The second-order valence-electron chi connectivity index (χ2n) is 4.19. The summed E-state index contributed by atoms with van der Waals surface area (Å²) in [6.07, 6.45) is 1.66. The van der Waals surface area contributed by atoms with E-state index in [1.807, 2.05) is 19.1 Å². The summed E-state index contributed by atoms with van der Waals surface area (Å²) in [4.78, 5) is 5.17. The fourth-order valence-electron chi connectivity index (χ4n) is 1.54. The Balaban J connectivity index is 2.14. The molecule has 20 heavy (non-hydrogen) atoms. The molecule has 8 heteroatoms. The number of halogens is 1. The number of nitrogens with two attached hydrogens (primary N) is 1. The Hall–Kier alpha value is -0.800. The van der Waals surface area contributed by atoms with Crippen molar-refractivity contribution in [1.29, 1.82) is 0 Å². The van der Waals surface area contributed by atoms with Crippen LogP contribution in [0.5, 0.6) is 0 Å². The number of nitrogens with zero attached hydrogens (tertiary/aromatic N) is 1. The Morgan fingerprint density at radius 2 is 2.20 bits per heavy atom. The van der Waals surface area contributed by atoms with E-state index in [1.165, 1.54) is 11.3 Å². The van der Waals surface area contributed by atoms with E-state index in [-0.39, 0.29) is 11.4 Å². The first kappa shape index (κ1) is 15.6. The standard InChI is InChI=1S/C12H14BrN3O2S2/c1-8-2-3-9(6-15-8)7-16-20(17,18)11-4-10(5-14)19-12(11)13/h2-4,6,16H,5,7,14H2,1H3. The number of aromatic nitrogens is 1. The second-order valence-corrected chi connectivity index (χ2v) is 8.38. The minimum absolute atomic E-state index is 0.204. The number of sulfonamides is 1. The first-order valence-electron chi connectivity index (χ1n) is 5.82. The van der Waals surface area contributed by atoms with Crippen LogP contribution in [0.3, 0.4) is 0 Å². The first-order valence-corrected chi connectivity index (χ1v) is 8.91. The van der Waals surface area contributed by atoms with Gasteiger partial charge in [0.1, 0.15) is 4.90 Å². The van der Waals surface area contributed by atoms with Crippen LogP contribution >= 0.6 is 27.3 Å². The lowest BCUT2D eigenvalue weighted by Gasteiger charge is -2.06. The molecular formula is C12H14BrN3O2S2. The largest absolute Gasteiger partial charge is 0.326 e. The Morgan fingerprint density at radius 1 is 1.45 bits per heavy atom. The number of hydrogen-bond acceptors (Lipinski definition) is 5. The van der Waals surface area contributed by atoms with Crippen molar-refractivity contribution >= 4 is 37.3 Å². The lowest BCUT2D eigenvalue weighted by Crippen LogP contribution is -2.23. The van der Waals surface area contributed by atoms with Gasteiger partial charge in [-0.2, -0.15) is 0 Å². The molecule has 2 heterocycles. The van der Waals surface area contributed by atoms with Gasteiger partial charge in [0.2, 0.25) is 10.0 Å². The van der Waals surface area contributed by atoms with Crippen LogP contribution in [-0.4, -0.2) is 13.4 Å². The van der Waals surface area contributed by atoms with Gasteiger partial charge in [-0.15, -0.1) is 11.3 Å². The van der Waals surface area contributed by atoms with Crippen LogP contribution in [0.1, 0.15) is 16.1 Å². The Morgan fingerprint density at radius 3 is 2.75 bits per heavy atom. The molecule has 0 spiro atoms. The van der Waals surface area contributed by atoms with Crippen molar-refractivity contribution in [2.45, 2.75) is 24.9 Å². The van der Waals surface area contributed by atoms with Crippen LogP contribution in [0.2, 0.25) is 0 Å². The topological polar surface area (TPSA) is 85.1 Å². The number of pyridine rings is 1. The van der Waals surface area contributed by atoms with Gasteiger partial charge in [0.05, 0.1) is 3.79 Å². The smallest absolute Gasteiger partial charge is 0.242 e. The second kappa shape index (κ2) is 6.31. The molecule has 5 nitrogen and oxygen atoms in total. The van der Waals surface area contributed by atoms with Gasteiger partial charge in [-0.3, -0.25) is 4.98 Å². The van der Waals surface area contributed by atoms with Crippen LogP contribution in [0, 0.1) is 6.92 Å². The van der Waals surface area contributed by atoms with Crippen LogP contribution in [0.4, 0.5) is 0 Å². The summed E-state index contributed by atoms with van der Waals surface area (Å²) in [5, 5.41) is 0. The maximum absolute atomic E-state index is 12.2. The average molecular weight is 376 g/mol. The van der Waals surface area contributed by atoms with Gasteiger partial charge in [-0.05, 0) is 40.5 Å². The van der Waals surface area contributed by atoms with E-state index in [4.69, 9.17) is 5.73 Å². The molecule has 0 aliphatic carbocycles. The van der Waals surface area contributed by atoms with E-state index in [0.29, 0.717) is 10.3 Å². The summed E-state index contributed by atoms with van der Waals surface area (Å²) in [5.41, 5.74) is 7.22. The van der Waals surface area contributed by atoms with Crippen molar-refractivity contribution in [3.63, 3.8) is 0 Å². The van der Waals surface area contributed by atoms with E-state index in [2.05, 4.69) is 25.6 Å². The molecule has 0 aliphatic rings. The maximum atomic E-state index is 12.2. The third-order valence-electron chi connectivity index (χ3n) is 2.64. The molecule has 0 bridgehead atoms. The van der Waals surface area contributed by atoms with Gasteiger partial charge in [-0.25, -0.2) is 13.1 Å². The van der Waals surface area contributed by atoms with Crippen LogP contribution in [0.25, 0.3) is 0 Å². The first-order chi connectivity index (χ1) is 9.42. The molecule has 2 rings (SSSR count). The van der Waals surface area contributed by atoms with Gasteiger partial charge in [0, 0.05) is 29.9 Å². The summed E-state index contributed by atoms with van der Waals surface area (Å²) in [7, 11) is -3.56. The van der Waals surface area contributed by atoms with E-state index < -0.39 is 10.0 Å². The third kappa shape index (κ3) is 3.64. The number of nitrogens with one attached hydrogen (secondary N) is 1. The molecule has 0 saturated carbocycles. The van der Waals surface area contributed by atoms with Crippen molar-refractivity contribution in [3.05, 3.63) is 44.3 Å². The third-order valence-corrected chi connectivity index (χ3v) is 6.31. The summed E-state index contributed by atoms with van der Waals surface area (Å²) in [5.74, 6) is 0. The van der Waals surface area contributed by atoms with E-state index in [9.17, 15) is 8.42 Å². The molecule has 0 unspecified atom stereocenters. The summed E-state index contributed by atoms with van der Waals surface area (Å²) >= 11 is 4.59. The zero-order chi connectivity index (χ0) is 14.8. The summed E-state index contributed by atoms with van der Waals surface area (Å²) in [6, 6.07) is 5.28. The average Bonchev–Trinajstić information content (AvgIpc) is 2.80. The molecule has 0 amide bonds. The number of thiophene rings is 1. The zero-order valence-electron chi connectivity index (χ0n) is 10.8. The molecule has 0 saturated heterocycles. The minimum atomic E-state index is -3.56. The summed E-state index contributed by atoms with van der Waals surface area (Å²) in [6.45, 7) is 2.40. The Labute approximate surface area is 130 Å². The predicted octanol–water partition coefficient (Wildman–Crippen LogP) is 2.15. The highest BCUT2D eigenvalue weighted by molar-refractivity contribution is 9.11. The van der Waals surface area contributed by atoms with Crippen molar-refractivity contribution < 1.29 is 8.42 Å². The van der Waals surface area contributed by atoms with Crippen molar-refractivity contribution in [2.24, 2.45) is 5.73 Å². The maximum Gasteiger partial charge on any atom is 0.242 e. The number of aryl methyl sites for hydroxylation is 1. The molecule has 0 aliphatic heterocycles. The molecule has 2 aromatic rings. The van der Waals surface area contributed by atoms with Gasteiger partial charge >= 0.3 is 0 Å². The molecule has 0 atom stereocenters. The van der Waals surface area contributed by atoms with Crippen LogP contribution < -0.4 is 10.5 Å². The Kier molecular flexibility index (Phi) is 4.92. The molecule has 0 radical (unpaired) electrons. The highest BCUT2D eigenvalue weighted by Gasteiger charge is 2.20. The zero-order valence-corrected chi connectivity index (χ0v) is 14.0. The number of rotatable bonds is 5. The van der Waals surface area contributed by atoms with Gasteiger partial charge < -0.3 is 5.73 Å². The predicted molar refractivity (Wildman–Crippen MR) is 82.9 cm³/mol. The van der Waals surface area contributed by atoms with Crippen molar-refractivity contribution in [1.82, 2.24) is 9.71 Å². The highest BCUT2D eigenvalue weighted by Crippen LogP contribution is 2.31. The minimum Gasteiger partial charge on any atom is -0.326 e. The summed E-state index contributed by atoms with van der Waals surface area (Å²) < 4.78 is 27.6. The lowest BCUT2D eigenvalue weighted by molar-refractivity contribution is 0.581. The van der Waals surface area contributed by atoms with Crippen LogP contribution in [0.15, 0.2) is 33.1 Å². The normalized spacial score (nSPS) is 11.8. The van der Waals surface area contributed by atoms with E-state index >= 15 is 0 Å². The van der Waals surface area contributed by atoms with Crippen LogP contribution in [-0.2, 0) is 23.1 Å².